The first-order valence-electron chi connectivity index (χ1n) is 9.28. The molecule has 4 nitrogen and oxygen atoms in total. The van der Waals surface area contributed by atoms with E-state index in [1.165, 1.54) is 70.8 Å². The number of aromatic amines is 1. The van der Waals surface area contributed by atoms with Gasteiger partial charge in [0.05, 0.1) is 0 Å². The van der Waals surface area contributed by atoms with Crippen LogP contribution in [0.15, 0.2) is 24.3 Å². The lowest BCUT2D eigenvalue weighted by molar-refractivity contribution is 0.551. The first-order valence-corrected chi connectivity index (χ1v) is 9.28. The second kappa shape index (κ2) is 14.2. The zero-order valence-electron chi connectivity index (χ0n) is 15.0. The minimum Gasteiger partial charge on any atom is -0.320 e. The van der Waals surface area contributed by atoms with Crippen LogP contribution in [-0.4, -0.2) is 29.0 Å². The zero-order chi connectivity index (χ0) is 16.6. The number of fused-ring (bicyclic) bond motifs is 1. The molecule has 1 aromatic carbocycles. The number of hydrogen-bond acceptors (Lipinski definition) is 3. The Morgan fingerprint density at radius 1 is 0.783 bits per heavy atom. The number of benzene rings is 1. The average Bonchev–Trinajstić information content (AvgIpc) is 3.06. The molecule has 0 aliphatic carbocycles. The Bertz CT molecular complexity index is 439. The van der Waals surface area contributed by atoms with Gasteiger partial charge in [-0.05, 0) is 32.1 Å². The number of unbranched alkanes of at least 4 members (excludes halogenated alkanes) is 9. The van der Waals surface area contributed by atoms with E-state index in [0.717, 1.165) is 11.0 Å². The first kappa shape index (κ1) is 19.6. The van der Waals surface area contributed by atoms with Crippen molar-refractivity contribution in [2.24, 2.45) is 0 Å². The highest BCUT2D eigenvalue weighted by Crippen LogP contribution is 2.10. The van der Waals surface area contributed by atoms with Gasteiger partial charge in [0, 0.05) is 0 Å². The molecule has 0 spiro atoms. The minimum absolute atomic E-state index is 0.914. The van der Waals surface area contributed by atoms with Crippen molar-refractivity contribution in [3.8, 4) is 0 Å². The Morgan fingerprint density at radius 3 is 1.74 bits per heavy atom. The SMILES string of the molecule is CCCCCCCCCCCCNC.c1ccc2n[nH]nc2c1. The molecule has 2 N–H and O–H groups in total. The Labute approximate surface area is 141 Å². The van der Waals surface area contributed by atoms with E-state index < -0.39 is 0 Å². The summed E-state index contributed by atoms with van der Waals surface area (Å²) in [5, 5.41) is 13.5. The molecule has 2 aromatic rings. The monoisotopic (exact) mass is 318 g/mol. The third kappa shape index (κ3) is 10.1. The molecule has 1 heterocycles. The maximum absolute atomic E-state index is 3.88. The van der Waals surface area contributed by atoms with Gasteiger partial charge in [-0.3, -0.25) is 0 Å². The lowest BCUT2D eigenvalue weighted by Crippen LogP contribution is -2.06. The second-order valence-electron chi connectivity index (χ2n) is 6.10. The highest BCUT2D eigenvalue weighted by molar-refractivity contribution is 5.72. The van der Waals surface area contributed by atoms with Crippen molar-refractivity contribution < 1.29 is 0 Å². The number of para-hydroxylation sites is 2. The fourth-order valence-corrected chi connectivity index (χ4v) is 2.58. The van der Waals surface area contributed by atoms with Crippen LogP contribution in [0, 0.1) is 0 Å². The van der Waals surface area contributed by atoms with Crippen LogP contribution in [0.2, 0.25) is 0 Å². The summed E-state index contributed by atoms with van der Waals surface area (Å²) in [5.74, 6) is 0. The van der Waals surface area contributed by atoms with E-state index in [1.807, 2.05) is 31.3 Å². The third-order valence-electron chi connectivity index (χ3n) is 4.00. The van der Waals surface area contributed by atoms with Crippen molar-refractivity contribution in [3.63, 3.8) is 0 Å². The van der Waals surface area contributed by atoms with E-state index in [1.54, 1.807) is 0 Å². The number of nitrogens with one attached hydrogen (secondary N) is 2. The molecular formula is C19H34N4. The van der Waals surface area contributed by atoms with E-state index in [-0.39, 0.29) is 0 Å². The van der Waals surface area contributed by atoms with Gasteiger partial charge >= 0.3 is 0 Å². The lowest BCUT2D eigenvalue weighted by atomic mass is 10.1. The van der Waals surface area contributed by atoms with Crippen molar-refractivity contribution >= 4 is 11.0 Å². The number of hydrogen-bond donors (Lipinski definition) is 2. The molecule has 0 unspecified atom stereocenters. The van der Waals surface area contributed by atoms with Gasteiger partial charge in [-0.2, -0.15) is 15.4 Å². The summed E-state index contributed by atoms with van der Waals surface area (Å²) < 4.78 is 0. The predicted molar refractivity (Wildman–Crippen MR) is 99.7 cm³/mol. The van der Waals surface area contributed by atoms with Gasteiger partial charge in [0.2, 0.25) is 0 Å². The number of aromatic nitrogens is 3. The highest BCUT2D eigenvalue weighted by atomic mass is 15.3. The fourth-order valence-electron chi connectivity index (χ4n) is 2.58. The van der Waals surface area contributed by atoms with Gasteiger partial charge in [-0.1, -0.05) is 76.8 Å². The van der Waals surface area contributed by atoms with Crippen LogP contribution >= 0.6 is 0 Å². The predicted octanol–water partition coefficient (Wildman–Crippen LogP) is 5.08. The third-order valence-corrected chi connectivity index (χ3v) is 4.00. The van der Waals surface area contributed by atoms with Crippen LogP contribution in [0.4, 0.5) is 0 Å². The molecule has 0 aliphatic rings. The van der Waals surface area contributed by atoms with Gasteiger partial charge in [0.25, 0.3) is 0 Å². The van der Waals surface area contributed by atoms with E-state index >= 15 is 0 Å². The molecule has 0 fully saturated rings. The van der Waals surface area contributed by atoms with Gasteiger partial charge in [-0.15, -0.1) is 0 Å². The first-order chi connectivity index (χ1) is 11.4. The van der Waals surface area contributed by atoms with Gasteiger partial charge in [0.1, 0.15) is 11.0 Å². The van der Waals surface area contributed by atoms with Crippen molar-refractivity contribution in [1.82, 2.24) is 20.7 Å². The quantitative estimate of drug-likeness (QED) is 0.568. The summed E-state index contributed by atoms with van der Waals surface area (Å²) in [4.78, 5) is 0. The largest absolute Gasteiger partial charge is 0.320 e. The van der Waals surface area contributed by atoms with Crippen molar-refractivity contribution in [3.05, 3.63) is 24.3 Å². The van der Waals surface area contributed by atoms with Crippen molar-refractivity contribution in [2.75, 3.05) is 13.6 Å². The number of rotatable bonds is 11. The van der Waals surface area contributed by atoms with Crippen molar-refractivity contribution in [2.45, 2.75) is 71.1 Å². The summed E-state index contributed by atoms with van der Waals surface area (Å²) in [6.07, 6.45) is 14.3. The van der Waals surface area contributed by atoms with Crippen molar-refractivity contribution in [1.29, 1.82) is 0 Å². The van der Waals surface area contributed by atoms with Gasteiger partial charge in [0.15, 0.2) is 0 Å². The molecular weight excluding hydrogens is 284 g/mol. The average molecular weight is 319 g/mol. The smallest absolute Gasteiger partial charge is 0.112 e. The molecule has 0 saturated carbocycles. The Balaban J connectivity index is 0.000000248. The number of nitrogens with zero attached hydrogens (tertiary/aromatic N) is 2. The van der Waals surface area contributed by atoms with E-state index in [2.05, 4.69) is 27.7 Å². The molecule has 0 amide bonds. The Kier molecular flexibility index (Phi) is 12.1. The molecule has 0 bridgehead atoms. The lowest BCUT2D eigenvalue weighted by Gasteiger charge is -2.01. The topological polar surface area (TPSA) is 53.6 Å². The minimum atomic E-state index is 0.914. The summed E-state index contributed by atoms with van der Waals surface area (Å²) in [6.45, 7) is 3.47. The van der Waals surface area contributed by atoms with Crippen LogP contribution in [0.3, 0.4) is 0 Å². The van der Waals surface area contributed by atoms with Gasteiger partial charge in [-0.25, -0.2) is 0 Å². The highest BCUT2D eigenvalue weighted by Gasteiger charge is 1.92. The van der Waals surface area contributed by atoms with Gasteiger partial charge < -0.3 is 5.32 Å². The van der Waals surface area contributed by atoms with Crippen LogP contribution in [-0.2, 0) is 0 Å². The molecule has 4 heteroatoms. The zero-order valence-corrected chi connectivity index (χ0v) is 15.0. The van der Waals surface area contributed by atoms with Crippen LogP contribution in [0.5, 0.6) is 0 Å². The molecule has 130 valence electrons. The molecule has 1 aromatic heterocycles. The molecule has 0 saturated heterocycles. The summed E-state index contributed by atoms with van der Waals surface area (Å²) in [7, 11) is 2.04. The molecule has 0 atom stereocenters. The maximum Gasteiger partial charge on any atom is 0.112 e. The van der Waals surface area contributed by atoms with E-state index in [0.29, 0.717) is 0 Å². The fraction of sp³-hybridized carbons (Fsp3) is 0.684. The summed E-state index contributed by atoms with van der Waals surface area (Å²) in [6, 6.07) is 7.70. The molecule has 0 radical (unpaired) electrons. The van der Waals surface area contributed by atoms with Crippen LogP contribution in [0.1, 0.15) is 71.1 Å². The molecule has 0 aliphatic heterocycles. The summed E-state index contributed by atoms with van der Waals surface area (Å²) in [5.41, 5.74) is 1.83. The van der Waals surface area contributed by atoms with Crippen LogP contribution < -0.4 is 5.32 Å². The molecule has 23 heavy (non-hydrogen) atoms. The number of H-pyrrole nitrogens is 1. The Hall–Kier alpha value is -1.42. The van der Waals surface area contributed by atoms with E-state index in [4.69, 9.17) is 0 Å². The standard InChI is InChI=1S/C13H29N.C6H5N3/c1-3-4-5-6-7-8-9-10-11-12-13-14-2;1-2-4-6-5(3-1)7-9-8-6/h14H,3-13H2,1-2H3;1-4H,(H,7,8,9). The normalized spacial score (nSPS) is 10.5. The molecule has 2 rings (SSSR count). The second-order valence-corrected chi connectivity index (χ2v) is 6.10. The summed E-state index contributed by atoms with van der Waals surface area (Å²) >= 11 is 0. The Morgan fingerprint density at radius 2 is 1.26 bits per heavy atom. The maximum atomic E-state index is 3.88. The van der Waals surface area contributed by atoms with Crippen LogP contribution in [0.25, 0.3) is 11.0 Å². The van der Waals surface area contributed by atoms with E-state index in [9.17, 15) is 0 Å².